The summed E-state index contributed by atoms with van der Waals surface area (Å²) in [6, 6.07) is 6.64. The number of amides is 1. The van der Waals surface area contributed by atoms with E-state index in [9.17, 15) is 9.90 Å². The van der Waals surface area contributed by atoms with E-state index >= 15 is 0 Å². The number of phenols is 1. The standard InChI is InChI=1S/C14H20N2O3/c1-5-12(10-6-8-11(17)9-7-10)15-16-13(18)19-14(2,3)4/h6-9,17H,5H2,1-4H3,(H,16,18)/b15-12+. The Morgan fingerprint density at radius 3 is 2.37 bits per heavy atom. The van der Waals surface area contributed by atoms with Crippen LogP contribution in [0.5, 0.6) is 5.75 Å². The Morgan fingerprint density at radius 1 is 1.32 bits per heavy atom. The van der Waals surface area contributed by atoms with Crippen LogP contribution in [0.25, 0.3) is 0 Å². The highest BCUT2D eigenvalue weighted by atomic mass is 16.6. The van der Waals surface area contributed by atoms with Crippen molar-refractivity contribution in [1.29, 1.82) is 0 Å². The van der Waals surface area contributed by atoms with Crippen molar-refractivity contribution in [3.63, 3.8) is 0 Å². The highest BCUT2D eigenvalue weighted by molar-refractivity contribution is 6.00. The monoisotopic (exact) mass is 264 g/mol. The van der Waals surface area contributed by atoms with Crippen LogP contribution in [0.3, 0.4) is 0 Å². The zero-order valence-electron chi connectivity index (χ0n) is 11.7. The topological polar surface area (TPSA) is 70.9 Å². The molecule has 0 aliphatic rings. The first kappa shape index (κ1) is 15.0. The zero-order chi connectivity index (χ0) is 14.5. The minimum atomic E-state index is -0.586. The molecule has 2 N–H and O–H groups in total. The molecule has 0 aliphatic carbocycles. The third kappa shape index (κ3) is 5.42. The van der Waals surface area contributed by atoms with Gasteiger partial charge in [0.2, 0.25) is 0 Å². The molecule has 5 heteroatoms. The van der Waals surface area contributed by atoms with Crippen molar-refractivity contribution in [2.45, 2.75) is 39.7 Å². The molecule has 1 rings (SSSR count). The molecular formula is C14H20N2O3. The molecule has 1 amide bonds. The fraction of sp³-hybridized carbons (Fsp3) is 0.429. The molecule has 0 bridgehead atoms. The summed E-state index contributed by atoms with van der Waals surface area (Å²) in [6.45, 7) is 7.30. The van der Waals surface area contributed by atoms with Gasteiger partial charge in [-0.25, -0.2) is 10.2 Å². The number of nitrogens with one attached hydrogen (secondary N) is 1. The number of aromatic hydroxyl groups is 1. The normalized spacial score (nSPS) is 12.1. The van der Waals surface area contributed by atoms with Crippen LogP contribution in [-0.4, -0.2) is 22.5 Å². The lowest BCUT2D eigenvalue weighted by atomic mass is 10.1. The molecule has 0 saturated heterocycles. The second-order valence-electron chi connectivity index (χ2n) is 5.07. The summed E-state index contributed by atoms with van der Waals surface area (Å²) in [5.74, 6) is 0.194. The zero-order valence-corrected chi connectivity index (χ0v) is 11.7. The maximum absolute atomic E-state index is 11.5. The van der Waals surface area contributed by atoms with Gasteiger partial charge in [0.15, 0.2) is 0 Å². The summed E-state index contributed by atoms with van der Waals surface area (Å²) in [5.41, 5.74) is 3.37. The fourth-order valence-corrected chi connectivity index (χ4v) is 1.42. The van der Waals surface area contributed by atoms with Crippen LogP contribution in [-0.2, 0) is 4.74 Å². The van der Waals surface area contributed by atoms with Crippen molar-refractivity contribution in [3.8, 4) is 5.75 Å². The van der Waals surface area contributed by atoms with Gasteiger partial charge in [0.25, 0.3) is 0 Å². The van der Waals surface area contributed by atoms with E-state index in [2.05, 4.69) is 10.5 Å². The second-order valence-corrected chi connectivity index (χ2v) is 5.07. The van der Waals surface area contributed by atoms with Gasteiger partial charge in [0.1, 0.15) is 11.4 Å². The number of hydrazone groups is 1. The summed E-state index contributed by atoms with van der Waals surface area (Å²) in [5, 5.41) is 13.3. The number of hydrogen-bond donors (Lipinski definition) is 2. The van der Waals surface area contributed by atoms with E-state index in [1.165, 1.54) is 0 Å². The number of benzene rings is 1. The van der Waals surface area contributed by atoms with Gasteiger partial charge in [-0.15, -0.1) is 0 Å². The number of carbonyl (C=O) groups excluding carboxylic acids is 1. The summed E-state index contributed by atoms with van der Waals surface area (Å²) in [7, 11) is 0. The number of rotatable bonds is 3. The first-order chi connectivity index (χ1) is 8.81. The van der Waals surface area contributed by atoms with Crippen LogP contribution >= 0.6 is 0 Å². The van der Waals surface area contributed by atoms with Crippen LogP contribution in [0.1, 0.15) is 39.7 Å². The van der Waals surface area contributed by atoms with Crippen molar-refractivity contribution in [3.05, 3.63) is 29.8 Å². The number of nitrogens with zero attached hydrogens (tertiary/aromatic N) is 1. The lowest BCUT2D eigenvalue weighted by Gasteiger charge is -2.18. The minimum Gasteiger partial charge on any atom is -0.508 e. The Hall–Kier alpha value is -2.04. The number of ether oxygens (including phenoxy) is 1. The van der Waals surface area contributed by atoms with Gasteiger partial charge in [-0.1, -0.05) is 6.92 Å². The maximum Gasteiger partial charge on any atom is 0.428 e. The van der Waals surface area contributed by atoms with Crippen molar-refractivity contribution < 1.29 is 14.6 Å². The van der Waals surface area contributed by atoms with Crippen LogP contribution < -0.4 is 5.43 Å². The van der Waals surface area contributed by atoms with Gasteiger partial charge in [0.05, 0.1) is 5.71 Å². The minimum absolute atomic E-state index is 0.194. The van der Waals surface area contributed by atoms with Crippen LogP contribution in [0.15, 0.2) is 29.4 Å². The van der Waals surface area contributed by atoms with E-state index in [0.717, 1.165) is 5.56 Å². The van der Waals surface area contributed by atoms with Gasteiger partial charge in [-0.05, 0) is 57.0 Å². The second kappa shape index (κ2) is 6.22. The molecular weight excluding hydrogens is 244 g/mol. The molecule has 104 valence electrons. The molecule has 5 nitrogen and oxygen atoms in total. The highest BCUT2D eigenvalue weighted by Gasteiger charge is 2.15. The summed E-state index contributed by atoms with van der Waals surface area (Å²) in [6.07, 6.45) is 0.0674. The predicted molar refractivity (Wildman–Crippen MR) is 74.3 cm³/mol. The smallest absolute Gasteiger partial charge is 0.428 e. The Morgan fingerprint density at radius 2 is 1.89 bits per heavy atom. The van der Waals surface area contributed by atoms with Crippen molar-refractivity contribution >= 4 is 11.8 Å². The van der Waals surface area contributed by atoms with Crippen molar-refractivity contribution in [2.24, 2.45) is 5.10 Å². The van der Waals surface area contributed by atoms with E-state index in [4.69, 9.17) is 4.74 Å². The van der Waals surface area contributed by atoms with Gasteiger partial charge in [0, 0.05) is 0 Å². The van der Waals surface area contributed by atoms with Gasteiger partial charge < -0.3 is 9.84 Å². The molecule has 0 heterocycles. The molecule has 0 fully saturated rings. The SMILES string of the molecule is CC/C(=N\NC(=O)OC(C)(C)C)c1ccc(O)cc1. The van der Waals surface area contributed by atoms with E-state index in [0.29, 0.717) is 12.1 Å². The summed E-state index contributed by atoms with van der Waals surface area (Å²) < 4.78 is 5.09. The fourth-order valence-electron chi connectivity index (χ4n) is 1.42. The van der Waals surface area contributed by atoms with E-state index in [1.54, 1.807) is 45.0 Å². The molecule has 0 aromatic heterocycles. The van der Waals surface area contributed by atoms with Gasteiger partial charge in [-0.3, -0.25) is 0 Å². The molecule has 1 aromatic rings. The number of phenolic OH excluding ortho intramolecular Hbond substituents is 1. The van der Waals surface area contributed by atoms with Gasteiger partial charge in [-0.2, -0.15) is 5.10 Å². The molecule has 0 saturated carbocycles. The highest BCUT2D eigenvalue weighted by Crippen LogP contribution is 2.12. The molecule has 0 unspecified atom stereocenters. The Labute approximate surface area is 113 Å². The summed E-state index contributed by atoms with van der Waals surface area (Å²) >= 11 is 0. The van der Waals surface area contributed by atoms with Crippen molar-refractivity contribution in [1.82, 2.24) is 5.43 Å². The average Bonchev–Trinajstić information content (AvgIpc) is 2.29. The maximum atomic E-state index is 11.5. The lowest BCUT2D eigenvalue weighted by molar-refractivity contribution is 0.0529. The largest absolute Gasteiger partial charge is 0.508 e. The molecule has 0 spiro atoms. The first-order valence-electron chi connectivity index (χ1n) is 6.17. The average molecular weight is 264 g/mol. The molecule has 0 radical (unpaired) electrons. The molecule has 0 atom stereocenters. The predicted octanol–water partition coefficient (Wildman–Crippen LogP) is 3.03. The van der Waals surface area contributed by atoms with Crippen LogP contribution in [0.4, 0.5) is 4.79 Å². The van der Waals surface area contributed by atoms with Crippen LogP contribution in [0, 0.1) is 0 Å². The molecule has 19 heavy (non-hydrogen) atoms. The first-order valence-corrected chi connectivity index (χ1v) is 6.17. The molecule has 0 aliphatic heterocycles. The lowest BCUT2D eigenvalue weighted by Crippen LogP contribution is -2.30. The third-order valence-electron chi connectivity index (χ3n) is 2.22. The Kier molecular flexibility index (Phi) is 4.92. The molecule has 1 aromatic carbocycles. The number of carbonyl (C=O) groups is 1. The Bertz CT molecular complexity index is 459. The van der Waals surface area contributed by atoms with Crippen LogP contribution in [0.2, 0.25) is 0 Å². The van der Waals surface area contributed by atoms with E-state index < -0.39 is 11.7 Å². The summed E-state index contributed by atoms with van der Waals surface area (Å²) in [4.78, 5) is 11.5. The number of hydrogen-bond acceptors (Lipinski definition) is 4. The van der Waals surface area contributed by atoms with E-state index in [-0.39, 0.29) is 5.75 Å². The Balaban J connectivity index is 2.72. The van der Waals surface area contributed by atoms with Crippen molar-refractivity contribution in [2.75, 3.05) is 0 Å². The van der Waals surface area contributed by atoms with Gasteiger partial charge >= 0.3 is 6.09 Å². The van der Waals surface area contributed by atoms with E-state index in [1.807, 2.05) is 6.92 Å². The third-order valence-corrected chi connectivity index (χ3v) is 2.22. The quantitative estimate of drug-likeness (QED) is 0.651.